The molecule has 2 aromatic heterocycles. The van der Waals surface area contributed by atoms with Gasteiger partial charge in [-0.1, -0.05) is 38.1 Å². The van der Waals surface area contributed by atoms with Crippen LogP contribution in [0.3, 0.4) is 0 Å². The summed E-state index contributed by atoms with van der Waals surface area (Å²) in [6, 6.07) is 7.27. The Morgan fingerprint density at radius 2 is 1.77 bits per heavy atom. The van der Waals surface area contributed by atoms with Crippen LogP contribution >= 0.6 is 0 Å². The average Bonchev–Trinajstić information content (AvgIpc) is 2.61. The summed E-state index contributed by atoms with van der Waals surface area (Å²) in [4.78, 5) is 44.3. The highest BCUT2D eigenvalue weighted by atomic mass is 16.3. The molecule has 26 heavy (non-hydrogen) atoms. The fourth-order valence-electron chi connectivity index (χ4n) is 2.55. The molecule has 0 saturated heterocycles. The summed E-state index contributed by atoms with van der Waals surface area (Å²) < 4.78 is 1.09. The van der Waals surface area contributed by atoms with Gasteiger partial charge in [-0.05, 0) is 11.5 Å². The quantitative estimate of drug-likeness (QED) is 0.615. The maximum absolute atomic E-state index is 12.2. The van der Waals surface area contributed by atoms with Crippen LogP contribution in [0.25, 0.3) is 23.0 Å². The fourth-order valence-corrected chi connectivity index (χ4v) is 2.55. The molecular weight excluding hydrogens is 336 g/mol. The molecule has 0 radical (unpaired) electrons. The number of nitrogens with zero attached hydrogens (tertiary/aromatic N) is 2. The van der Waals surface area contributed by atoms with Crippen molar-refractivity contribution in [3.8, 4) is 0 Å². The van der Waals surface area contributed by atoms with Gasteiger partial charge < -0.3 is 10.1 Å². The largest absolute Gasteiger partial charge is 0.507 e. The van der Waals surface area contributed by atoms with Gasteiger partial charge in [0.1, 0.15) is 17.1 Å². The highest BCUT2D eigenvalue weighted by Gasteiger charge is 2.11. The van der Waals surface area contributed by atoms with E-state index in [0.717, 1.165) is 10.1 Å². The molecule has 0 aliphatic heterocycles. The van der Waals surface area contributed by atoms with Crippen molar-refractivity contribution in [1.29, 1.82) is 0 Å². The van der Waals surface area contributed by atoms with E-state index in [-0.39, 0.29) is 22.6 Å². The first kappa shape index (κ1) is 17.4. The number of H-pyrrole nitrogens is 2. The third kappa shape index (κ3) is 3.08. The molecule has 0 spiro atoms. The van der Waals surface area contributed by atoms with Crippen LogP contribution in [0.2, 0.25) is 0 Å². The normalized spacial score (nSPS) is 12.1. The molecule has 0 bridgehead atoms. The molecule has 0 fully saturated rings. The van der Waals surface area contributed by atoms with Crippen molar-refractivity contribution in [2.45, 2.75) is 19.8 Å². The van der Waals surface area contributed by atoms with Gasteiger partial charge in [-0.15, -0.1) is 0 Å². The summed E-state index contributed by atoms with van der Waals surface area (Å²) in [7, 11) is 1.40. The first-order valence-corrected chi connectivity index (χ1v) is 8.02. The van der Waals surface area contributed by atoms with Crippen molar-refractivity contribution in [1.82, 2.24) is 19.5 Å². The number of aromatic nitrogens is 4. The van der Waals surface area contributed by atoms with Gasteiger partial charge in [-0.3, -0.25) is 19.1 Å². The molecule has 134 valence electrons. The monoisotopic (exact) mass is 354 g/mol. The molecule has 0 aliphatic carbocycles. The second kappa shape index (κ2) is 6.47. The smallest absolute Gasteiger partial charge is 0.329 e. The number of aryl methyl sites for hydroxylation is 1. The topological polar surface area (TPSA) is 121 Å². The van der Waals surface area contributed by atoms with E-state index >= 15 is 0 Å². The number of hydrogen-bond donors (Lipinski definition) is 3. The molecule has 3 aromatic rings. The highest BCUT2D eigenvalue weighted by Crippen LogP contribution is 2.19. The number of aliphatic hydroxyl groups excluding tert-OH is 1. The standard InChI is InChI=1S/C18H18N4O4/c1-9(2)10-4-6-11(7-5-10)13(23)8-12-16(24)20-15-14(19-12)17(25)21-18(26)22(15)3/h4-9,23H,1-3H3,(H,20,24)(H,21,25,26). The Morgan fingerprint density at radius 1 is 1.12 bits per heavy atom. The third-order valence-electron chi connectivity index (χ3n) is 4.14. The van der Waals surface area contributed by atoms with Gasteiger partial charge in [0, 0.05) is 18.7 Å². The molecular formula is C18H18N4O4. The van der Waals surface area contributed by atoms with E-state index in [4.69, 9.17) is 0 Å². The predicted molar refractivity (Wildman–Crippen MR) is 99.3 cm³/mol. The zero-order chi connectivity index (χ0) is 19.0. The minimum Gasteiger partial charge on any atom is -0.507 e. The minimum absolute atomic E-state index is 0.0154. The Hall–Kier alpha value is -3.42. The summed E-state index contributed by atoms with van der Waals surface area (Å²) in [5, 5.41) is 10.3. The first-order valence-electron chi connectivity index (χ1n) is 8.02. The fraction of sp³-hybridized carbons (Fsp3) is 0.222. The lowest BCUT2D eigenvalue weighted by atomic mass is 10.0. The molecule has 1 aromatic carbocycles. The number of benzene rings is 1. The maximum Gasteiger partial charge on any atom is 0.329 e. The lowest BCUT2D eigenvalue weighted by Gasteiger charge is -2.07. The van der Waals surface area contributed by atoms with Gasteiger partial charge in [-0.25, -0.2) is 9.78 Å². The molecule has 0 aliphatic rings. The summed E-state index contributed by atoms with van der Waals surface area (Å²) in [6.07, 6.45) is 1.19. The van der Waals surface area contributed by atoms with Gasteiger partial charge in [0.25, 0.3) is 11.1 Å². The molecule has 3 N–H and O–H groups in total. The van der Waals surface area contributed by atoms with E-state index in [1.807, 2.05) is 12.1 Å². The SMILES string of the molecule is CC(C)c1ccc(C(O)=Cc2nc3c(=O)[nH]c(=O)n(C)c3[nH]c2=O)cc1. The molecule has 0 unspecified atom stereocenters. The van der Waals surface area contributed by atoms with Crippen LogP contribution in [-0.2, 0) is 7.05 Å². The van der Waals surface area contributed by atoms with Crippen molar-refractivity contribution >= 4 is 23.0 Å². The molecule has 8 nitrogen and oxygen atoms in total. The third-order valence-corrected chi connectivity index (χ3v) is 4.14. The molecule has 8 heteroatoms. The molecule has 3 rings (SSSR count). The number of aromatic amines is 2. The van der Waals surface area contributed by atoms with Gasteiger partial charge >= 0.3 is 5.69 Å². The summed E-state index contributed by atoms with van der Waals surface area (Å²) in [5.41, 5.74) is -0.565. The van der Waals surface area contributed by atoms with Gasteiger partial charge in [-0.2, -0.15) is 0 Å². The van der Waals surface area contributed by atoms with Gasteiger partial charge in [0.15, 0.2) is 5.52 Å². The van der Waals surface area contributed by atoms with E-state index in [0.29, 0.717) is 11.5 Å². The van der Waals surface area contributed by atoms with Crippen molar-refractivity contribution in [3.05, 3.63) is 72.3 Å². The van der Waals surface area contributed by atoms with Crippen molar-refractivity contribution in [2.24, 2.45) is 7.05 Å². The van der Waals surface area contributed by atoms with Crippen molar-refractivity contribution in [2.75, 3.05) is 0 Å². The number of fused-ring (bicyclic) bond motifs is 1. The van der Waals surface area contributed by atoms with Crippen molar-refractivity contribution < 1.29 is 5.11 Å². The van der Waals surface area contributed by atoms with Crippen LogP contribution in [0.15, 0.2) is 38.6 Å². The predicted octanol–water partition coefficient (Wildman–Crippen LogP) is 1.49. The van der Waals surface area contributed by atoms with Crippen LogP contribution in [0, 0.1) is 0 Å². The van der Waals surface area contributed by atoms with E-state index in [1.54, 1.807) is 12.1 Å². The van der Waals surface area contributed by atoms with Gasteiger partial charge in [0.2, 0.25) is 0 Å². The summed E-state index contributed by atoms with van der Waals surface area (Å²) in [5.74, 6) is 0.206. The molecule has 0 saturated carbocycles. The van der Waals surface area contributed by atoms with Crippen LogP contribution in [0.4, 0.5) is 0 Å². The van der Waals surface area contributed by atoms with E-state index < -0.39 is 16.8 Å². The summed E-state index contributed by atoms with van der Waals surface area (Å²) >= 11 is 0. The Bertz CT molecular complexity index is 1180. The lowest BCUT2D eigenvalue weighted by Crippen LogP contribution is -2.31. The van der Waals surface area contributed by atoms with Crippen LogP contribution in [0.1, 0.15) is 36.6 Å². The summed E-state index contributed by atoms with van der Waals surface area (Å²) in [6.45, 7) is 4.13. The first-order chi connectivity index (χ1) is 12.3. The number of nitrogens with one attached hydrogen (secondary N) is 2. The van der Waals surface area contributed by atoms with E-state index in [1.165, 1.54) is 13.1 Å². The van der Waals surface area contributed by atoms with Gasteiger partial charge in [0.05, 0.1) is 0 Å². The number of aliphatic hydroxyl groups is 1. The Balaban J connectivity index is 2.12. The van der Waals surface area contributed by atoms with Crippen LogP contribution in [0.5, 0.6) is 0 Å². The average molecular weight is 354 g/mol. The highest BCUT2D eigenvalue weighted by molar-refractivity contribution is 5.77. The molecule has 2 heterocycles. The van der Waals surface area contributed by atoms with Crippen molar-refractivity contribution in [3.63, 3.8) is 0 Å². The minimum atomic E-state index is -0.713. The second-order valence-corrected chi connectivity index (χ2v) is 6.27. The molecule has 0 amide bonds. The van der Waals surface area contributed by atoms with E-state index in [9.17, 15) is 19.5 Å². The Labute approximate surface area is 147 Å². The maximum atomic E-state index is 12.2. The zero-order valence-corrected chi connectivity index (χ0v) is 14.5. The number of rotatable bonds is 3. The Morgan fingerprint density at radius 3 is 2.38 bits per heavy atom. The van der Waals surface area contributed by atoms with E-state index in [2.05, 4.69) is 28.8 Å². The zero-order valence-electron chi connectivity index (χ0n) is 14.5. The Kier molecular flexibility index (Phi) is 4.33. The second-order valence-electron chi connectivity index (χ2n) is 6.27. The van der Waals surface area contributed by atoms with Crippen LogP contribution in [-0.4, -0.2) is 24.6 Å². The number of hydrogen-bond acceptors (Lipinski definition) is 5. The van der Waals surface area contributed by atoms with Crippen LogP contribution < -0.4 is 16.8 Å². The lowest BCUT2D eigenvalue weighted by molar-refractivity contribution is 0.515. The molecule has 0 atom stereocenters.